The van der Waals surface area contributed by atoms with Crippen molar-refractivity contribution in [2.75, 3.05) is 79.3 Å². The lowest BCUT2D eigenvalue weighted by Gasteiger charge is -2.16. The van der Waals surface area contributed by atoms with E-state index in [0.717, 1.165) is 49.7 Å². The van der Waals surface area contributed by atoms with Crippen molar-refractivity contribution in [1.82, 2.24) is 0 Å². The van der Waals surface area contributed by atoms with Gasteiger partial charge in [-0.15, -0.1) is 0 Å². The highest BCUT2D eigenvalue weighted by atomic mass is 16.6. The Hall–Kier alpha value is -3.58. The summed E-state index contributed by atoms with van der Waals surface area (Å²) >= 11 is 0. The number of rotatable bonds is 20. The van der Waals surface area contributed by atoms with E-state index in [9.17, 15) is 9.59 Å². The molecule has 0 amide bonds. The van der Waals surface area contributed by atoms with Gasteiger partial charge < -0.3 is 47.4 Å². The first-order chi connectivity index (χ1) is 28.6. The largest absolute Gasteiger partial charge is 0.487 e. The zero-order valence-electron chi connectivity index (χ0n) is 35.6. The van der Waals surface area contributed by atoms with E-state index < -0.39 is 0 Å². The predicted octanol–water partition coefficient (Wildman–Crippen LogP) is 9.35. The van der Waals surface area contributed by atoms with Gasteiger partial charge in [-0.2, -0.15) is 0 Å². The summed E-state index contributed by atoms with van der Waals surface area (Å²) in [6.07, 6.45) is 17.0. The van der Waals surface area contributed by atoms with E-state index in [4.69, 9.17) is 47.4 Å². The number of hydrogen-bond donors (Lipinski definition) is 0. The van der Waals surface area contributed by atoms with Crippen LogP contribution in [0.15, 0.2) is 36.4 Å². The van der Waals surface area contributed by atoms with E-state index in [2.05, 4.69) is 13.8 Å². The van der Waals surface area contributed by atoms with Crippen LogP contribution in [0.5, 0.6) is 23.0 Å². The molecule has 328 valence electrons. The highest BCUT2D eigenvalue weighted by Gasteiger charge is 2.12. The number of esters is 2. The maximum Gasteiger partial charge on any atom is 0.306 e. The zero-order chi connectivity index (χ0) is 41.1. The molecule has 1 aliphatic heterocycles. The molecule has 2 aromatic carbocycles. The summed E-state index contributed by atoms with van der Waals surface area (Å²) in [7, 11) is 0. The number of hydrogen-bond acceptors (Lipinski definition) is 12. The summed E-state index contributed by atoms with van der Waals surface area (Å²) in [5.74, 6) is 1.85. The van der Waals surface area contributed by atoms with Gasteiger partial charge >= 0.3 is 11.9 Å². The molecule has 2 aromatic rings. The SMILES string of the molecule is CCCCCCCCCC(=O)OCc1ccc2c(c1)OCCOCCOCCOc1ccc(COC(=O)CCCCCCCCC)cc1OCCOCCOCCO2. The summed E-state index contributed by atoms with van der Waals surface area (Å²) in [5, 5.41) is 0. The van der Waals surface area contributed by atoms with Crippen LogP contribution >= 0.6 is 0 Å². The molecule has 12 nitrogen and oxygen atoms in total. The molecule has 3 rings (SSSR count). The summed E-state index contributed by atoms with van der Waals surface area (Å²) in [6.45, 7) is 8.95. The fourth-order valence-corrected chi connectivity index (χ4v) is 6.16. The maximum atomic E-state index is 12.4. The Kier molecular flexibility index (Phi) is 28.0. The predicted molar refractivity (Wildman–Crippen MR) is 223 cm³/mol. The van der Waals surface area contributed by atoms with Gasteiger partial charge in [-0.1, -0.05) is 103 Å². The fraction of sp³-hybridized carbons (Fsp3) is 0.696. The van der Waals surface area contributed by atoms with Gasteiger partial charge in [-0.05, 0) is 48.2 Å². The number of benzene rings is 2. The first kappa shape index (κ1) is 48.8. The van der Waals surface area contributed by atoms with E-state index in [-0.39, 0.29) is 25.2 Å². The van der Waals surface area contributed by atoms with Crippen molar-refractivity contribution in [3.63, 3.8) is 0 Å². The molecule has 1 heterocycles. The van der Waals surface area contributed by atoms with Crippen molar-refractivity contribution >= 4 is 11.9 Å². The molecule has 1 aliphatic rings. The Balaban J connectivity index is 1.43. The number of carbonyl (C=O) groups is 2. The van der Waals surface area contributed by atoms with Gasteiger partial charge in [0.05, 0.1) is 52.9 Å². The number of ether oxygens (including phenoxy) is 10. The number of carbonyl (C=O) groups excluding carboxylic acids is 2. The number of fused-ring (bicyclic) bond motifs is 2. The quantitative estimate of drug-likeness (QED) is 0.0934. The Morgan fingerprint density at radius 2 is 0.724 bits per heavy atom. The van der Waals surface area contributed by atoms with E-state index in [1.165, 1.54) is 51.4 Å². The van der Waals surface area contributed by atoms with E-state index in [1.807, 2.05) is 36.4 Å². The lowest BCUT2D eigenvalue weighted by Crippen LogP contribution is -2.16. The molecule has 0 unspecified atom stereocenters. The molecule has 0 radical (unpaired) electrons. The van der Waals surface area contributed by atoms with Crippen LogP contribution in [0.4, 0.5) is 0 Å². The summed E-state index contributed by atoms with van der Waals surface area (Å²) in [6, 6.07) is 11.1. The van der Waals surface area contributed by atoms with Gasteiger partial charge in [0.1, 0.15) is 39.6 Å². The average molecular weight is 817 g/mol. The van der Waals surface area contributed by atoms with Crippen LogP contribution in [-0.2, 0) is 51.2 Å². The molecule has 0 bridgehead atoms. The molecule has 0 spiro atoms. The first-order valence-electron chi connectivity index (χ1n) is 22.0. The third kappa shape index (κ3) is 23.7. The molecular formula is C46H72O12. The van der Waals surface area contributed by atoms with Crippen molar-refractivity contribution in [3.8, 4) is 23.0 Å². The maximum absolute atomic E-state index is 12.4. The fourth-order valence-electron chi connectivity index (χ4n) is 6.16. The molecule has 12 heteroatoms. The molecular weight excluding hydrogens is 744 g/mol. The summed E-state index contributed by atoms with van der Waals surface area (Å²) < 4.78 is 58.1. The van der Waals surface area contributed by atoms with Crippen LogP contribution in [0.25, 0.3) is 0 Å². The van der Waals surface area contributed by atoms with Gasteiger partial charge in [0.2, 0.25) is 0 Å². The molecule has 0 fully saturated rings. The van der Waals surface area contributed by atoms with Crippen LogP contribution in [0.1, 0.15) is 128 Å². The van der Waals surface area contributed by atoms with Gasteiger partial charge in [0, 0.05) is 12.8 Å². The standard InChI is InChI=1S/C46H72O12/c1-3-5-7-9-11-13-15-17-45(47)57-37-39-19-21-41-43(35-39)55-33-29-51-25-23-50-28-32-54-42-22-20-40(38-58-46(48)18-16-14-12-10-8-6-4-2)36-44(42)56-34-30-52-26-24-49-27-31-53-41/h19-22,35-36H,3-18,23-34,37-38H2,1-2H3. The minimum Gasteiger partial charge on any atom is -0.487 e. The third-order valence-electron chi connectivity index (χ3n) is 9.47. The van der Waals surface area contributed by atoms with Crippen molar-refractivity contribution in [3.05, 3.63) is 47.5 Å². The minimum absolute atomic E-state index is 0.168. The van der Waals surface area contributed by atoms with Gasteiger partial charge in [0.25, 0.3) is 0 Å². The van der Waals surface area contributed by atoms with Crippen LogP contribution in [0, 0.1) is 0 Å². The van der Waals surface area contributed by atoms with Crippen molar-refractivity contribution in [2.24, 2.45) is 0 Å². The second-order valence-electron chi connectivity index (χ2n) is 14.5. The topological polar surface area (TPSA) is 126 Å². The smallest absolute Gasteiger partial charge is 0.306 e. The van der Waals surface area contributed by atoms with E-state index in [1.54, 1.807) is 0 Å². The molecule has 58 heavy (non-hydrogen) atoms. The van der Waals surface area contributed by atoms with E-state index in [0.29, 0.717) is 115 Å². The molecule has 0 atom stereocenters. The first-order valence-corrected chi connectivity index (χ1v) is 22.0. The van der Waals surface area contributed by atoms with E-state index >= 15 is 0 Å². The van der Waals surface area contributed by atoms with Gasteiger partial charge in [0.15, 0.2) is 23.0 Å². The van der Waals surface area contributed by atoms with Crippen LogP contribution in [0.3, 0.4) is 0 Å². The lowest BCUT2D eigenvalue weighted by molar-refractivity contribution is -0.146. The Labute approximate surface area is 347 Å². The minimum atomic E-state index is -0.187. The number of unbranched alkanes of at least 4 members (excludes halogenated alkanes) is 12. The molecule has 0 aliphatic carbocycles. The third-order valence-corrected chi connectivity index (χ3v) is 9.47. The molecule has 0 saturated carbocycles. The summed E-state index contributed by atoms with van der Waals surface area (Å²) in [4.78, 5) is 24.7. The van der Waals surface area contributed by atoms with Crippen LogP contribution < -0.4 is 18.9 Å². The highest BCUT2D eigenvalue weighted by molar-refractivity contribution is 5.69. The second kappa shape index (κ2) is 33.3. The molecule has 0 N–H and O–H groups in total. The highest BCUT2D eigenvalue weighted by Crippen LogP contribution is 2.30. The van der Waals surface area contributed by atoms with Gasteiger partial charge in [-0.25, -0.2) is 0 Å². The average Bonchev–Trinajstić information content (AvgIpc) is 3.23. The van der Waals surface area contributed by atoms with Crippen molar-refractivity contribution in [2.45, 2.75) is 130 Å². The second-order valence-corrected chi connectivity index (χ2v) is 14.5. The molecule has 0 saturated heterocycles. The van der Waals surface area contributed by atoms with Crippen molar-refractivity contribution in [1.29, 1.82) is 0 Å². The zero-order valence-corrected chi connectivity index (χ0v) is 35.6. The summed E-state index contributed by atoms with van der Waals surface area (Å²) in [5.41, 5.74) is 1.63. The normalized spacial score (nSPS) is 15.2. The van der Waals surface area contributed by atoms with Gasteiger partial charge in [-0.3, -0.25) is 9.59 Å². The Morgan fingerprint density at radius 3 is 1.09 bits per heavy atom. The van der Waals surface area contributed by atoms with Crippen LogP contribution in [0.2, 0.25) is 0 Å². The lowest BCUT2D eigenvalue weighted by atomic mass is 10.1. The van der Waals surface area contributed by atoms with Crippen molar-refractivity contribution < 1.29 is 57.0 Å². The Morgan fingerprint density at radius 1 is 0.414 bits per heavy atom. The molecule has 0 aromatic heterocycles. The Bertz CT molecular complexity index is 1250. The monoisotopic (exact) mass is 817 g/mol. The van der Waals surface area contributed by atoms with Crippen LogP contribution in [-0.4, -0.2) is 91.2 Å².